The lowest BCUT2D eigenvalue weighted by Crippen LogP contribution is -2.36. The van der Waals surface area contributed by atoms with Crippen molar-refractivity contribution in [1.82, 2.24) is 19.5 Å². The second-order valence-electron chi connectivity index (χ2n) is 7.06. The van der Waals surface area contributed by atoms with Crippen molar-refractivity contribution >= 4 is 38.6 Å². The van der Waals surface area contributed by atoms with Crippen LogP contribution in [0.3, 0.4) is 0 Å². The molecule has 2 aromatic heterocycles. The molecule has 3 rings (SSSR count). The molecule has 2 aromatic rings. The van der Waals surface area contributed by atoms with Crippen LogP contribution in [0.5, 0.6) is 0 Å². The van der Waals surface area contributed by atoms with Crippen molar-refractivity contribution in [2.75, 3.05) is 18.1 Å². The molecule has 0 spiro atoms. The van der Waals surface area contributed by atoms with Gasteiger partial charge in [-0.25, -0.2) is 15.0 Å². The molecule has 0 amide bonds. The van der Waals surface area contributed by atoms with Gasteiger partial charge in [-0.05, 0) is 0 Å². The maximum atomic E-state index is 10.3. The summed E-state index contributed by atoms with van der Waals surface area (Å²) in [5, 5.41) is 19.8. The fourth-order valence-corrected chi connectivity index (χ4v) is 5.50. The Labute approximate surface area is 154 Å². The lowest BCUT2D eigenvalue weighted by atomic mass is 10.1. The van der Waals surface area contributed by atoms with Crippen molar-refractivity contribution < 1.29 is 14.9 Å². The van der Waals surface area contributed by atoms with Crippen molar-refractivity contribution in [3.63, 3.8) is 0 Å². The van der Waals surface area contributed by atoms with Gasteiger partial charge in [0.2, 0.25) is 0 Å². The number of nitrogens with zero attached hydrogens (tertiary/aromatic N) is 4. The van der Waals surface area contributed by atoms with Gasteiger partial charge in [0.25, 0.3) is 0 Å². The molecule has 1 fully saturated rings. The minimum atomic E-state index is -0.856. The maximum absolute atomic E-state index is 10.3. The predicted octanol–water partition coefficient (Wildman–Crippen LogP) is 1.38. The zero-order valence-corrected chi connectivity index (χ0v) is 16.0. The normalized spacial score (nSPS) is 27.2. The van der Waals surface area contributed by atoms with E-state index in [1.165, 1.54) is 6.33 Å². The highest BCUT2D eigenvalue weighted by Crippen LogP contribution is 2.44. The summed E-state index contributed by atoms with van der Waals surface area (Å²) in [4.78, 5) is 12.6. The number of hydrogen-bond donors (Lipinski definition) is 3. The summed E-state index contributed by atoms with van der Waals surface area (Å²) >= 11 is 0. The van der Waals surface area contributed by atoms with Gasteiger partial charge in [-0.15, -0.1) is 0 Å². The van der Waals surface area contributed by atoms with E-state index in [-0.39, 0.29) is 11.4 Å². The van der Waals surface area contributed by atoms with Crippen LogP contribution in [0.25, 0.3) is 11.2 Å². The zero-order valence-electron chi connectivity index (χ0n) is 14.4. The van der Waals surface area contributed by atoms with E-state index < -0.39 is 17.9 Å². The molecule has 10 heteroatoms. The van der Waals surface area contributed by atoms with Gasteiger partial charge >= 0.3 is 0 Å². The molecule has 3 heterocycles. The molecule has 0 aliphatic carbocycles. The Hall–Kier alpha value is -1.07. The molecular formula is C15H23N5O3S2. The molecule has 25 heavy (non-hydrogen) atoms. The van der Waals surface area contributed by atoms with Gasteiger partial charge in [0.1, 0.15) is 17.9 Å². The van der Waals surface area contributed by atoms with Crippen LogP contribution in [0.4, 0.5) is 5.82 Å². The first-order valence-electron chi connectivity index (χ1n) is 7.97. The number of aliphatic hydroxyl groups excluding tert-OH is 2. The topological polar surface area (TPSA) is 119 Å². The van der Waals surface area contributed by atoms with E-state index in [1.54, 1.807) is 32.5 Å². The van der Waals surface area contributed by atoms with Crippen molar-refractivity contribution in [2.45, 2.75) is 49.9 Å². The standard InChI is InChI=1S/C15H23N5O3S2/c1-14(2,3)25-24-6-15(4-9(22)10(5-21)23-15)20-8-19-11-12(16)17-7-18-13(11)20/h7-10,21-22H,4-6H2,1-3H3,(H2,16,17,18)/t9-,10+,15-/m0/s1. The number of aliphatic hydroxyl groups is 2. The van der Waals surface area contributed by atoms with Crippen LogP contribution >= 0.6 is 21.6 Å². The number of aromatic nitrogens is 4. The molecule has 0 radical (unpaired) electrons. The summed E-state index contributed by atoms with van der Waals surface area (Å²) in [5.41, 5.74) is 6.08. The Morgan fingerprint density at radius 3 is 2.80 bits per heavy atom. The Kier molecular flexibility index (Phi) is 5.18. The molecular weight excluding hydrogens is 362 g/mol. The number of rotatable bonds is 5. The second-order valence-corrected chi connectivity index (χ2v) is 10.2. The second kappa shape index (κ2) is 6.92. The highest BCUT2D eigenvalue weighted by atomic mass is 33.1. The molecule has 1 saturated heterocycles. The summed E-state index contributed by atoms with van der Waals surface area (Å²) in [7, 11) is 3.39. The van der Waals surface area contributed by atoms with E-state index in [9.17, 15) is 10.2 Å². The van der Waals surface area contributed by atoms with Crippen molar-refractivity contribution in [3.05, 3.63) is 12.7 Å². The molecule has 0 bridgehead atoms. The van der Waals surface area contributed by atoms with Crippen LogP contribution in [-0.2, 0) is 10.5 Å². The molecule has 1 aliphatic heterocycles. The third-order valence-electron chi connectivity index (χ3n) is 3.90. The molecule has 8 nitrogen and oxygen atoms in total. The molecule has 0 unspecified atom stereocenters. The van der Waals surface area contributed by atoms with Crippen LogP contribution in [0.2, 0.25) is 0 Å². The lowest BCUT2D eigenvalue weighted by Gasteiger charge is -2.31. The summed E-state index contributed by atoms with van der Waals surface area (Å²) < 4.78 is 7.99. The molecule has 1 aliphatic rings. The number of imidazole rings is 1. The summed E-state index contributed by atoms with van der Waals surface area (Å²) in [6.45, 7) is 6.17. The van der Waals surface area contributed by atoms with Gasteiger partial charge in [0.05, 0.1) is 24.8 Å². The van der Waals surface area contributed by atoms with E-state index in [0.29, 0.717) is 29.2 Å². The van der Waals surface area contributed by atoms with Crippen LogP contribution in [0.15, 0.2) is 12.7 Å². The molecule has 4 N–H and O–H groups in total. The van der Waals surface area contributed by atoms with Crippen LogP contribution < -0.4 is 5.73 Å². The minimum absolute atomic E-state index is 0.0864. The fraction of sp³-hybridized carbons (Fsp3) is 0.667. The number of anilines is 1. The van der Waals surface area contributed by atoms with Gasteiger partial charge in [-0.1, -0.05) is 42.4 Å². The average molecular weight is 386 g/mol. The molecule has 138 valence electrons. The smallest absolute Gasteiger partial charge is 0.167 e. The number of nitrogen functional groups attached to an aromatic ring is 1. The minimum Gasteiger partial charge on any atom is -0.394 e. The Bertz CT molecular complexity index is 750. The Morgan fingerprint density at radius 1 is 1.40 bits per heavy atom. The van der Waals surface area contributed by atoms with E-state index >= 15 is 0 Å². The number of fused-ring (bicyclic) bond motifs is 1. The highest BCUT2D eigenvalue weighted by Gasteiger charge is 2.48. The third kappa shape index (κ3) is 3.72. The molecule has 0 aromatic carbocycles. The van der Waals surface area contributed by atoms with E-state index in [1.807, 2.05) is 0 Å². The lowest BCUT2D eigenvalue weighted by molar-refractivity contribution is -0.100. The van der Waals surface area contributed by atoms with Crippen LogP contribution in [0.1, 0.15) is 27.2 Å². The Morgan fingerprint density at radius 2 is 2.16 bits per heavy atom. The fourth-order valence-electron chi connectivity index (χ4n) is 2.79. The van der Waals surface area contributed by atoms with Crippen LogP contribution in [0, 0.1) is 0 Å². The van der Waals surface area contributed by atoms with Crippen molar-refractivity contribution in [3.8, 4) is 0 Å². The highest BCUT2D eigenvalue weighted by molar-refractivity contribution is 8.77. The summed E-state index contributed by atoms with van der Waals surface area (Å²) in [5.74, 6) is 0.866. The SMILES string of the molecule is CC(C)(C)SSC[C@]1(n2cnc3c(N)ncnc32)C[C@H](O)[C@@H](CO)O1. The molecule has 3 atom stereocenters. The third-order valence-corrected chi connectivity index (χ3v) is 7.30. The number of hydrogen-bond acceptors (Lipinski definition) is 9. The Balaban J connectivity index is 1.97. The first-order valence-corrected chi connectivity index (χ1v) is 10.3. The largest absolute Gasteiger partial charge is 0.394 e. The first kappa shape index (κ1) is 18.7. The van der Waals surface area contributed by atoms with Crippen molar-refractivity contribution in [2.24, 2.45) is 0 Å². The summed E-state index contributed by atoms with van der Waals surface area (Å²) in [6.07, 6.45) is 1.93. The van der Waals surface area contributed by atoms with Gasteiger partial charge in [0, 0.05) is 11.2 Å². The quantitative estimate of drug-likeness (QED) is 0.656. The van der Waals surface area contributed by atoms with E-state index in [2.05, 4.69) is 35.7 Å². The average Bonchev–Trinajstić information content (AvgIpc) is 3.09. The van der Waals surface area contributed by atoms with Crippen LogP contribution in [-0.4, -0.2) is 59.0 Å². The van der Waals surface area contributed by atoms with E-state index in [0.717, 1.165) is 0 Å². The van der Waals surface area contributed by atoms with Gasteiger partial charge < -0.3 is 20.7 Å². The summed E-state index contributed by atoms with van der Waals surface area (Å²) in [6, 6.07) is 0. The maximum Gasteiger partial charge on any atom is 0.167 e. The predicted molar refractivity (Wildman–Crippen MR) is 100 cm³/mol. The van der Waals surface area contributed by atoms with Gasteiger partial charge in [-0.2, -0.15) is 0 Å². The van der Waals surface area contributed by atoms with Gasteiger partial charge in [-0.3, -0.25) is 4.57 Å². The number of nitrogens with two attached hydrogens (primary N) is 1. The first-order chi connectivity index (χ1) is 11.8. The number of ether oxygens (including phenoxy) is 1. The van der Waals surface area contributed by atoms with Crippen molar-refractivity contribution in [1.29, 1.82) is 0 Å². The molecule has 0 saturated carbocycles. The van der Waals surface area contributed by atoms with Gasteiger partial charge in [0.15, 0.2) is 17.2 Å². The van der Waals surface area contributed by atoms with E-state index in [4.69, 9.17) is 10.5 Å². The monoisotopic (exact) mass is 385 g/mol. The zero-order chi connectivity index (χ0) is 18.2.